The summed E-state index contributed by atoms with van der Waals surface area (Å²) in [6.45, 7) is 2.02. The molecular formula is C25H32F2O5. The Morgan fingerprint density at radius 1 is 1.19 bits per heavy atom. The molecule has 7 heteroatoms. The number of para-hydroxylation sites is 1. The van der Waals surface area contributed by atoms with Gasteiger partial charge in [0.15, 0.2) is 6.61 Å². The van der Waals surface area contributed by atoms with Gasteiger partial charge in [-0.2, -0.15) is 8.78 Å². The van der Waals surface area contributed by atoms with Crippen LogP contribution >= 0.6 is 0 Å². The molecule has 0 heterocycles. The van der Waals surface area contributed by atoms with Gasteiger partial charge in [-0.3, -0.25) is 4.79 Å². The first kappa shape index (κ1) is 25.7. The Hall–Kier alpha value is -2.54. The average Bonchev–Trinajstić information content (AvgIpc) is 3.01. The number of unbranched alkanes of at least 4 members (excludes halogenated alkanes) is 1. The van der Waals surface area contributed by atoms with Gasteiger partial charge in [0.25, 0.3) is 5.92 Å². The predicted molar refractivity (Wildman–Crippen MR) is 117 cm³/mol. The van der Waals surface area contributed by atoms with Gasteiger partial charge < -0.3 is 19.4 Å². The second kappa shape index (κ2) is 12.5. The van der Waals surface area contributed by atoms with Crippen LogP contribution < -0.4 is 4.74 Å². The number of aliphatic hydroxyl groups is 1. The molecule has 0 bridgehead atoms. The van der Waals surface area contributed by atoms with Gasteiger partial charge in [0, 0.05) is 31.6 Å². The molecule has 1 N–H and O–H groups in total. The summed E-state index contributed by atoms with van der Waals surface area (Å²) in [5.74, 6) is -4.10. The highest BCUT2D eigenvalue weighted by Gasteiger charge is 2.43. The zero-order valence-electron chi connectivity index (χ0n) is 18.6. The molecule has 0 saturated heterocycles. The highest BCUT2D eigenvalue weighted by atomic mass is 19.3. The lowest BCUT2D eigenvalue weighted by Crippen LogP contribution is -2.26. The van der Waals surface area contributed by atoms with Gasteiger partial charge >= 0.3 is 5.97 Å². The fourth-order valence-corrected chi connectivity index (χ4v) is 3.87. The van der Waals surface area contributed by atoms with Crippen LogP contribution in [0.4, 0.5) is 8.78 Å². The number of carbonyl (C=O) groups excluding carboxylic acids is 2. The van der Waals surface area contributed by atoms with Crippen LogP contribution in [0, 0.1) is 11.8 Å². The summed E-state index contributed by atoms with van der Waals surface area (Å²) in [4.78, 5) is 22.5. The van der Waals surface area contributed by atoms with Gasteiger partial charge in [-0.05, 0) is 44.4 Å². The minimum Gasteiger partial charge on any atom is -0.487 e. The van der Waals surface area contributed by atoms with E-state index in [-0.39, 0.29) is 18.1 Å². The van der Waals surface area contributed by atoms with Crippen molar-refractivity contribution in [2.75, 3.05) is 6.61 Å². The average molecular weight is 451 g/mol. The Bertz CT molecular complexity index is 791. The third-order valence-corrected chi connectivity index (χ3v) is 5.42. The van der Waals surface area contributed by atoms with Crippen molar-refractivity contribution >= 4 is 11.8 Å². The zero-order valence-corrected chi connectivity index (χ0v) is 18.6. The molecule has 2 rings (SSSR count). The van der Waals surface area contributed by atoms with E-state index in [2.05, 4.69) is 0 Å². The van der Waals surface area contributed by atoms with Crippen molar-refractivity contribution in [2.24, 2.45) is 11.8 Å². The summed E-state index contributed by atoms with van der Waals surface area (Å²) in [6, 6.07) is 8.37. The third kappa shape index (κ3) is 8.91. The largest absolute Gasteiger partial charge is 0.487 e. The number of ketones is 1. The van der Waals surface area contributed by atoms with Gasteiger partial charge in [0.2, 0.25) is 0 Å². The van der Waals surface area contributed by atoms with Crippen molar-refractivity contribution in [3.8, 4) is 5.75 Å². The molecule has 1 aromatic carbocycles. The van der Waals surface area contributed by atoms with Crippen molar-refractivity contribution in [1.82, 2.24) is 0 Å². The van der Waals surface area contributed by atoms with Crippen molar-refractivity contribution in [3.05, 3.63) is 54.6 Å². The van der Waals surface area contributed by atoms with Crippen molar-refractivity contribution in [2.45, 2.75) is 64.1 Å². The molecule has 32 heavy (non-hydrogen) atoms. The number of rotatable bonds is 12. The zero-order chi connectivity index (χ0) is 23.6. The van der Waals surface area contributed by atoms with E-state index in [4.69, 9.17) is 9.47 Å². The van der Waals surface area contributed by atoms with E-state index < -0.39 is 36.6 Å². The number of alkyl halides is 2. The van der Waals surface area contributed by atoms with Crippen LogP contribution in [0.1, 0.15) is 46.0 Å². The normalized spacial score (nSPS) is 23.7. The number of halogens is 2. The van der Waals surface area contributed by atoms with Gasteiger partial charge in [0.1, 0.15) is 17.6 Å². The molecule has 1 saturated carbocycles. The second-order valence-corrected chi connectivity index (χ2v) is 8.22. The molecule has 0 amide bonds. The molecule has 1 aromatic rings. The molecule has 0 spiro atoms. The Morgan fingerprint density at radius 2 is 1.91 bits per heavy atom. The molecule has 0 aliphatic heterocycles. The van der Waals surface area contributed by atoms with E-state index in [1.165, 1.54) is 13.0 Å². The maximum absolute atomic E-state index is 14.4. The van der Waals surface area contributed by atoms with Crippen molar-refractivity contribution in [3.63, 3.8) is 0 Å². The van der Waals surface area contributed by atoms with E-state index in [1.807, 2.05) is 12.2 Å². The highest BCUT2D eigenvalue weighted by molar-refractivity contribution is 5.75. The van der Waals surface area contributed by atoms with Crippen LogP contribution in [-0.4, -0.2) is 41.6 Å². The van der Waals surface area contributed by atoms with Crippen LogP contribution in [0.5, 0.6) is 5.75 Å². The first-order valence-corrected chi connectivity index (χ1v) is 10.9. The molecule has 176 valence electrons. The molecule has 0 aromatic heterocycles. The van der Waals surface area contributed by atoms with Gasteiger partial charge in [0.05, 0.1) is 6.10 Å². The number of Topliss-reactive ketones (excluding diaryl/α,β-unsaturated/α-hetero) is 1. The lowest BCUT2D eigenvalue weighted by atomic mass is 9.89. The molecule has 0 unspecified atom stereocenters. The van der Waals surface area contributed by atoms with Gasteiger partial charge in [-0.15, -0.1) is 0 Å². The number of aliphatic hydroxyl groups excluding tert-OH is 1. The number of allylic oxidation sites excluding steroid dienone is 2. The van der Waals surface area contributed by atoms with E-state index in [1.54, 1.807) is 37.3 Å². The number of carbonyl (C=O) groups is 2. The summed E-state index contributed by atoms with van der Waals surface area (Å²) >= 11 is 0. The summed E-state index contributed by atoms with van der Waals surface area (Å²) in [5.41, 5.74) is 0. The van der Waals surface area contributed by atoms with Crippen LogP contribution in [0.3, 0.4) is 0 Å². The number of hydrogen-bond donors (Lipinski definition) is 1. The Kier molecular flexibility index (Phi) is 10.0. The van der Waals surface area contributed by atoms with Gasteiger partial charge in [-0.25, -0.2) is 0 Å². The number of ether oxygens (including phenoxy) is 2. The Morgan fingerprint density at radius 3 is 2.56 bits per heavy atom. The summed E-state index contributed by atoms with van der Waals surface area (Å²) in [6.07, 6.45) is 7.11. The quantitative estimate of drug-likeness (QED) is 0.279. The minimum atomic E-state index is -3.22. The minimum absolute atomic E-state index is 0.134. The topological polar surface area (TPSA) is 72.8 Å². The van der Waals surface area contributed by atoms with Crippen LogP contribution in [0.15, 0.2) is 54.6 Å². The lowest BCUT2D eigenvalue weighted by Gasteiger charge is -2.22. The first-order chi connectivity index (χ1) is 15.2. The fourth-order valence-electron chi connectivity index (χ4n) is 3.87. The van der Waals surface area contributed by atoms with Crippen molar-refractivity contribution in [1.29, 1.82) is 0 Å². The molecule has 5 nitrogen and oxygen atoms in total. The monoisotopic (exact) mass is 450 g/mol. The summed E-state index contributed by atoms with van der Waals surface area (Å²) in [5, 5.41) is 10.5. The van der Waals surface area contributed by atoms with Crippen LogP contribution in [0.25, 0.3) is 0 Å². The number of benzene rings is 1. The molecule has 1 aliphatic carbocycles. The van der Waals surface area contributed by atoms with Crippen LogP contribution in [0.2, 0.25) is 0 Å². The first-order valence-electron chi connectivity index (χ1n) is 10.9. The van der Waals surface area contributed by atoms with E-state index >= 15 is 0 Å². The van der Waals surface area contributed by atoms with E-state index in [0.717, 1.165) is 18.9 Å². The molecule has 0 radical (unpaired) electrons. The standard InChI is InChI=1S/C25H32F2O5/c1-18(28)10-6-3-4-9-13-22-21(23(30)16-24(22)32-19(2)29)14-15-25(26,27)17-31-20-11-7-5-8-12-20/h4-5,7-9,11-12,14-15,21-24,30H,3,6,10,13,16-17H2,1-2H3/b9-4-,15-14+/t21-,22-,23-,24+/m1/s1. The molecular weight excluding hydrogens is 418 g/mol. The lowest BCUT2D eigenvalue weighted by molar-refractivity contribution is -0.148. The smallest absolute Gasteiger partial charge is 0.302 e. The van der Waals surface area contributed by atoms with E-state index in [0.29, 0.717) is 18.6 Å². The maximum Gasteiger partial charge on any atom is 0.302 e. The Labute approximate surface area is 188 Å². The number of hydrogen-bond acceptors (Lipinski definition) is 5. The fraction of sp³-hybridized carbons (Fsp3) is 0.520. The van der Waals surface area contributed by atoms with Crippen LogP contribution in [-0.2, 0) is 14.3 Å². The van der Waals surface area contributed by atoms with Crippen molar-refractivity contribution < 1.29 is 33.0 Å². The Balaban J connectivity index is 2.01. The van der Waals surface area contributed by atoms with Gasteiger partial charge in [-0.1, -0.05) is 36.4 Å². The van der Waals surface area contributed by atoms with E-state index in [9.17, 15) is 23.5 Å². The third-order valence-electron chi connectivity index (χ3n) is 5.42. The second-order valence-electron chi connectivity index (χ2n) is 8.22. The highest BCUT2D eigenvalue weighted by Crippen LogP contribution is 2.39. The summed E-state index contributed by atoms with van der Waals surface area (Å²) in [7, 11) is 0. The molecule has 1 fully saturated rings. The molecule has 4 atom stereocenters. The SMILES string of the molecule is CC(=O)CCC/C=C\C[C@@H]1[C@@H](/C=C/C(F)(F)COc2ccccc2)[C@H](O)C[C@@H]1OC(C)=O. The summed E-state index contributed by atoms with van der Waals surface area (Å²) < 4.78 is 39.2. The maximum atomic E-state index is 14.4. The molecule has 1 aliphatic rings. The number of esters is 1. The predicted octanol–water partition coefficient (Wildman–Crippen LogP) is 4.89.